The number of anilines is 3. The molecule has 2 aromatic rings. The Bertz CT molecular complexity index is 1060. The molecule has 2 fully saturated rings. The molecule has 2 atom stereocenters. The predicted octanol–water partition coefficient (Wildman–Crippen LogP) is 3.87. The van der Waals surface area contributed by atoms with Gasteiger partial charge in [-0.15, -0.1) is 0 Å². The predicted molar refractivity (Wildman–Crippen MR) is 123 cm³/mol. The van der Waals surface area contributed by atoms with Gasteiger partial charge in [0.1, 0.15) is 11.9 Å². The SMILES string of the molecule is CO[C@@H]1C[C@H](C(=O)Nc2ccc(N3CCCC3=O)cc2F)N(C(=O)Nc2ccc(Cl)cc2)C1. The van der Waals surface area contributed by atoms with E-state index in [1.807, 2.05) is 0 Å². The van der Waals surface area contributed by atoms with Gasteiger partial charge in [-0.3, -0.25) is 9.59 Å². The zero-order chi connectivity index (χ0) is 23.5. The molecule has 0 spiro atoms. The van der Waals surface area contributed by atoms with Gasteiger partial charge >= 0.3 is 6.03 Å². The summed E-state index contributed by atoms with van der Waals surface area (Å²) in [7, 11) is 1.51. The first-order valence-corrected chi connectivity index (χ1v) is 11.0. The van der Waals surface area contributed by atoms with Crippen molar-refractivity contribution in [3.63, 3.8) is 0 Å². The van der Waals surface area contributed by atoms with Crippen molar-refractivity contribution in [3.8, 4) is 0 Å². The van der Waals surface area contributed by atoms with Crippen molar-refractivity contribution < 1.29 is 23.5 Å². The molecule has 10 heteroatoms. The highest BCUT2D eigenvalue weighted by atomic mass is 35.5. The summed E-state index contributed by atoms with van der Waals surface area (Å²) in [5.41, 5.74) is 0.967. The summed E-state index contributed by atoms with van der Waals surface area (Å²) < 4.78 is 20.1. The minimum atomic E-state index is -0.846. The van der Waals surface area contributed by atoms with Crippen molar-refractivity contribution in [2.45, 2.75) is 31.4 Å². The van der Waals surface area contributed by atoms with Crippen LogP contribution in [0.3, 0.4) is 0 Å². The van der Waals surface area contributed by atoms with Crippen molar-refractivity contribution in [1.29, 1.82) is 0 Å². The molecular formula is C23H24ClFN4O4. The number of methoxy groups -OCH3 is 1. The van der Waals surface area contributed by atoms with Crippen molar-refractivity contribution in [2.24, 2.45) is 0 Å². The Morgan fingerprint density at radius 3 is 2.55 bits per heavy atom. The lowest BCUT2D eigenvalue weighted by atomic mass is 10.1. The molecule has 2 aliphatic rings. The number of nitrogens with zero attached hydrogens (tertiary/aromatic N) is 2. The number of carbonyl (C=O) groups is 3. The second kappa shape index (κ2) is 9.76. The fourth-order valence-electron chi connectivity index (χ4n) is 4.08. The normalized spacial score (nSPS) is 20.3. The summed E-state index contributed by atoms with van der Waals surface area (Å²) in [4.78, 5) is 40.6. The molecule has 0 radical (unpaired) electrons. The van der Waals surface area contributed by atoms with Gasteiger partial charge in [0, 0.05) is 49.4 Å². The van der Waals surface area contributed by atoms with Gasteiger partial charge in [-0.1, -0.05) is 11.6 Å². The Morgan fingerprint density at radius 2 is 1.91 bits per heavy atom. The van der Waals surface area contributed by atoms with Gasteiger partial charge in [0.15, 0.2) is 0 Å². The van der Waals surface area contributed by atoms with E-state index in [0.29, 0.717) is 29.4 Å². The van der Waals surface area contributed by atoms with E-state index in [9.17, 15) is 18.8 Å². The lowest BCUT2D eigenvalue weighted by Gasteiger charge is -2.24. The van der Waals surface area contributed by atoms with E-state index in [-0.39, 0.29) is 30.7 Å². The Labute approximate surface area is 195 Å². The molecule has 33 heavy (non-hydrogen) atoms. The van der Waals surface area contributed by atoms with E-state index in [1.165, 1.54) is 29.0 Å². The van der Waals surface area contributed by atoms with Crippen LogP contribution in [0.15, 0.2) is 42.5 Å². The van der Waals surface area contributed by atoms with Gasteiger partial charge in [0.2, 0.25) is 11.8 Å². The number of urea groups is 1. The molecule has 0 aromatic heterocycles. The molecule has 2 saturated heterocycles. The fourth-order valence-corrected chi connectivity index (χ4v) is 4.21. The largest absolute Gasteiger partial charge is 0.380 e. The molecular weight excluding hydrogens is 451 g/mol. The van der Waals surface area contributed by atoms with Crippen molar-refractivity contribution in [3.05, 3.63) is 53.3 Å². The van der Waals surface area contributed by atoms with Crippen LogP contribution in [-0.4, -0.2) is 55.1 Å². The van der Waals surface area contributed by atoms with Gasteiger partial charge in [-0.2, -0.15) is 0 Å². The van der Waals surface area contributed by atoms with Crippen LogP contribution in [0.1, 0.15) is 19.3 Å². The van der Waals surface area contributed by atoms with Crippen LogP contribution in [-0.2, 0) is 14.3 Å². The Morgan fingerprint density at radius 1 is 1.15 bits per heavy atom. The Balaban J connectivity index is 1.46. The van der Waals surface area contributed by atoms with E-state index < -0.39 is 23.8 Å². The van der Waals surface area contributed by atoms with Crippen molar-refractivity contribution in [1.82, 2.24) is 4.90 Å². The first-order chi connectivity index (χ1) is 15.9. The molecule has 174 valence electrons. The molecule has 4 rings (SSSR count). The van der Waals surface area contributed by atoms with Crippen LogP contribution in [0.5, 0.6) is 0 Å². The number of halogens is 2. The molecule has 0 bridgehead atoms. The highest BCUT2D eigenvalue weighted by Crippen LogP contribution is 2.28. The molecule has 0 saturated carbocycles. The van der Waals surface area contributed by atoms with Crippen LogP contribution in [0.4, 0.5) is 26.2 Å². The third kappa shape index (κ3) is 5.09. The Kier molecular flexibility index (Phi) is 6.80. The maximum atomic E-state index is 14.7. The monoisotopic (exact) mass is 474 g/mol. The van der Waals surface area contributed by atoms with Crippen LogP contribution < -0.4 is 15.5 Å². The van der Waals surface area contributed by atoms with E-state index in [0.717, 1.165) is 6.42 Å². The van der Waals surface area contributed by atoms with E-state index in [2.05, 4.69) is 10.6 Å². The first kappa shape index (κ1) is 23.0. The number of nitrogens with one attached hydrogen (secondary N) is 2. The van der Waals surface area contributed by atoms with Crippen LogP contribution in [0.2, 0.25) is 5.02 Å². The fraction of sp³-hybridized carbons (Fsp3) is 0.348. The third-order valence-corrected chi connectivity index (χ3v) is 6.10. The van der Waals surface area contributed by atoms with Crippen molar-refractivity contribution >= 4 is 46.5 Å². The van der Waals surface area contributed by atoms with Gasteiger partial charge < -0.3 is 25.2 Å². The van der Waals surface area contributed by atoms with E-state index >= 15 is 0 Å². The molecule has 8 nitrogen and oxygen atoms in total. The average Bonchev–Trinajstić information content (AvgIpc) is 3.43. The topological polar surface area (TPSA) is 91.0 Å². The number of hydrogen-bond acceptors (Lipinski definition) is 4. The highest BCUT2D eigenvalue weighted by Gasteiger charge is 2.40. The maximum Gasteiger partial charge on any atom is 0.322 e. The van der Waals surface area contributed by atoms with Gasteiger partial charge in [-0.25, -0.2) is 9.18 Å². The number of amides is 4. The van der Waals surface area contributed by atoms with Crippen LogP contribution >= 0.6 is 11.6 Å². The molecule has 0 aliphatic carbocycles. The quantitative estimate of drug-likeness (QED) is 0.688. The smallest absolute Gasteiger partial charge is 0.322 e. The number of likely N-dealkylation sites (tertiary alicyclic amines) is 1. The number of carbonyl (C=O) groups excluding carboxylic acids is 3. The summed E-state index contributed by atoms with van der Waals surface area (Å²) in [5.74, 6) is -1.23. The van der Waals surface area contributed by atoms with Crippen LogP contribution in [0.25, 0.3) is 0 Å². The zero-order valence-corrected chi connectivity index (χ0v) is 18.8. The summed E-state index contributed by atoms with van der Waals surface area (Å²) >= 11 is 5.88. The number of benzene rings is 2. The lowest BCUT2D eigenvalue weighted by molar-refractivity contribution is -0.119. The second-order valence-corrected chi connectivity index (χ2v) is 8.44. The third-order valence-electron chi connectivity index (χ3n) is 5.85. The minimum Gasteiger partial charge on any atom is -0.380 e. The average molecular weight is 475 g/mol. The molecule has 4 amide bonds. The number of ether oxygens (including phenoxy) is 1. The van der Waals surface area contributed by atoms with E-state index in [4.69, 9.17) is 16.3 Å². The molecule has 2 heterocycles. The maximum absolute atomic E-state index is 14.7. The second-order valence-electron chi connectivity index (χ2n) is 8.00. The number of hydrogen-bond donors (Lipinski definition) is 2. The standard InChI is InChI=1S/C23H24ClFN4O4/c1-33-17-12-20(29(13-17)23(32)26-15-6-4-14(24)5-7-15)22(31)27-19-9-8-16(11-18(19)25)28-10-2-3-21(28)30/h4-9,11,17,20H,2-3,10,12-13H2,1H3,(H,26,32)(H,27,31)/t17-,20-/m1/s1. The zero-order valence-electron chi connectivity index (χ0n) is 18.0. The summed E-state index contributed by atoms with van der Waals surface area (Å²) in [6, 6.07) is 9.53. The molecule has 2 aliphatic heterocycles. The summed E-state index contributed by atoms with van der Waals surface area (Å²) in [5, 5.41) is 5.85. The lowest BCUT2D eigenvalue weighted by Crippen LogP contribution is -2.45. The number of rotatable bonds is 5. The summed E-state index contributed by atoms with van der Waals surface area (Å²) in [6.45, 7) is 0.759. The highest BCUT2D eigenvalue weighted by molar-refractivity contribution is 6.30. The van der Waals surface area contributed by atoms with Crippen molar-refractivity contribution in [2.75, 3.05) is 35.7 Å². The Hall–Kier alpha value is -3.17. The minimum absolute atomic E-state index is 0.0191. The molecule has 0 unspecified atom stereocenters. The molecule has 2 N–H and O–H groups in total. The van der Waals surface area contributed by atoms with Crippen LogP contribution in [0, 0.1) is 5.82 Å². The first-order valence-electron chi connectivity index (χ1n) is 10.6. The van der Waals surface area contributed by atoms with Gasteiger partial charge in [0.05, 0.1) is 11.8 Å². The van der Waals surface area contributed by atoms with Gasteiger partial charge in [-0.05, 0) is 48.9 Å². The van der Waals surface area contributed by atoms with E-state index in [1.54, 1.807) is 30.3 Å². The molecule has 2 aromatic carbocycles. The van der Waals surface area contributed by atoms with Gasteiger partial charge in [0.25, 0.3) is 0 Å². The summed E-state index contributed by atoms with van der Waals surface area (Å²) in [6.07, 6.45) is 1.12.